The number of furan rings is 1. The summed E-state index contributed by atoms with van der Waals surface area (Å²) in [5.74, 6) is 0.363. The van der Waals surface area contributed by atoms with Gasteiger partial charge in [0.1, 0.15) is 17.1 Å². The molecule has 1 aliphatic rings. The summed E-state index contributed by atoms with van der Waals surface area (Å²) in [6.07, 6.45) is 0.468. The second-order valence-corrected chi connectivity index (χ2v) is 3.55. The lowest BCUT2D eigenvalue weighted by Gasteiger charge is -2.01. The standard InChI is InChI=1S/C9H11NO3/c1-5-2-3-7(13-5)6-4-9(6,10)8(11)12/h2-3,6H,4,10H2,1H3,(H,11,12)/t6-,9-/m1/s1. The van der Waals surface area contributed by atoms with Crippen LogP contribution in [-0.2, 0) is 4.79 Å². The van der Waals surface area contributed by atoms with E-state index in [1.165, 1.54) is 0 Å². The minimum absolute atomic E-state index is 0.154. The zero-order valence-electron chi connectivity index (χ0n) is 7.28. The second kappa shape index (κ2) is 2.35. The van der Waals surface area contributed by atoms with Crippen LogP contribution in [0.2, 0.25) is 0 Å². The summed E-state index contributed by atoms with van der Waals surface area (Å²) >= 11 is 0. The zero-order chi connectivity index (χ0) is 9.64. The Balaban J connectivity index is 2.20. The normalized spacial score (nSPS) is 31.7. The van der Waals surface area contributed by atoms with Crippen LogP contribution in [-0.4, -0.2) is 16.6 Å². The van der Waals surface area contributed by atoms with Crippen LogP contribution in [0.5, 0.6) is 0 Å². The summed E-state index contributed by atoms with van der Waals surface area (Å²) in [7, 11) is 0. The molecule has 1 fully saturated rings. The van der Waals surface area contributed by atoms with Crippen LogP contribution in [0, 0.1) is 6.92 Å². The lowest BCUT2D eigenvalue weighted by atomic mass is 10.2. The molecular formula is C9H11NO3. The van der Waals surface area contributed by atoms with Crippen molar-refractivity contribution in [3.63, 3.8) is 0 Å². The largest absolute Gasteiger partial charge is 0.480 e. The molecule has 1 saturated carbocycles. The molecule has 1 aromatic rings. The Labute approximate surface area is 75.3 Å². The van der Waals surface area contributed by atoms with Crippen molar-refractivity contribution in [2.75, 3.05) is 0 Å². The Hall–Kier alpha value is -1.29. The summed E-state index contributed by atoms with van der Waals surface area (Å²) < 4.78 is 5.31. The third kappa shape index (κ3) is 1.14. The lowest BCUT2D eigenvalue weighted by Crippen LogP contribution is -2.34. The van der Waals surface area contributed by atoms with Gasteiger partial charge in [0.2, 0.25) is 0 Å². The van der Waals surface area contributed by atoms with E-state index in [-0.39, 0.29) is 5.92 Å². The molecular weight excluding hydrogens is 170 g/mol. The van der Waals surface area contributed by atoms with Gasteiger partial charge in [-0.1, -0.05) is 0 Å². The Bertz CT molecular complexity index is 357. The lowest BCUT2D eigenvalue weighted by molar-refractivity contribution is -0.139. The third-order valence-corrected chi connectivity index (χ3v) is 2.51. The van der Waals surface area contributed by atoms with Gasteiger partial charge < -0.3 is 15.3 Å². The number of hydrogen-bond acceptors (Lipinski definition) is 3. The van der Waals surface area contributed by atoms with Crippen molar-refractivity contribution in [2.45, 2.75) is 24.8 Å². The van der Waals surface area contributed by atoms with Crippen molar-refractivity contribution in [3.05, 3.63) is 23.7 Å². The monoisotopic (exact) mass is 181 g/mol. The highest BCUT2D eigenvalue weighted by molar-refractivity contribution is 5.84. The molecule has 0 aliphatic heterocycles. The molecule has 0 spiro atoms. The minimum Gasteiger partial charge on any atom is -0.480 e. The van der Waals surface area contributed by atoms with Crippen LogP contribution in [0.15, 0.2) is 16.5 Å². The topological polar surface area (TPSA) is 76.5 Å². The molecule has 2 rings (SSSR count). The first-order chi connectivity index (χ1) is 6.04. The summed E-state index contributed by atoms with van der Waals surface area (Å²) in [5, 5.41) is 8.78. The Kier molecular flexibility index (Phi) is 1.51. The fourth-order valence-electron chi connectivity index (χ4n) is 1.51. The number of carboxylic acids is 1. The number of nitrogens with two attached hydrogens (primary N) is 1. The molecule has 70 valence electrons. The summed E-state index contributed by atoms with van der Waals surface area (Å²) in [6.45, 7) is 1.82. The predicted octanol–water partition coefficient (Wildman–Crippen LogP) is 0.857. The average molecular weight is 181 g/mol. The molecule has 1 heterocycles. The number of aliphatic carboxylic acids is 1. The van der Waals surface area contributed by atoms with E-state index in [0.717, 1.165) is 5.76 Å². The number of hydrogen-bond donors (Lipinski definition) is 2. The van der Waals surface area contributed by atoms with Crippen molar-refractivity contribution >= 4 is 5.97 Å². The second-order valence-electron chi connectivity index (χ2n) is 3.55. The molecule has 4 nitrogen and oxygen atoms in total. The molecule has 0 unspecified atom stereocenters. The van der Waals surface area contributed by atoms with E-state index in [2.05, 4.69) is 0 Å². The van der Waals surface area contributed by atoms with Gasteiger partial charge in [-0.3, -0.25) is 4.79 Å². The molecule has 0 aromatic carbocycles. The Morgan fingerprint density at radius 3 is 2.85 bits per heavy atom. The molecule has 3 N–H and O–H groups in total. The van der Waals surface area contributed by atoms with E-state index >= 15 is 0 Å². The molecule has 13 heavy (non-hydrogen) atoms. The molecule has 0 amide bonds. The van der Waals surface area contributed by atoms with E-state index in [0.29, 0.717) is 12.2 Å². The molecule has 0 radical (unpaired) electrons. The van der Waals surface area contributed by atoms with Crippen molar-refractivity contribution in [2.24, 2.45) is 5.73 Å². The van der Waals surface area contributed by atoms with Crippen LogP contribution in [0.4, 0.5) is 0 Å². The van der Waals surface area contributed by atoms with Crippen LogP contribution < -0.4 is 5.73 Å². The number of aryl methyl sites for hydroxylation is 1. The molecule has 1 aromatic heterocycles. The number of carbonyl (C=O) groups is 1. The maximum atomic E-state index is 10.7. The van der Waals surface area contributed by atoms with Gasteiger partial charge in [0, 0.05) is 5.92 Å². The maximum Gasteiger partial charge on any atom is 0.324 e. The molecule has 1 aliphatic carbocycles. The number of rotatable bonds is 2. The molecule has 2 atom stereocenters. The highest BCUT2D eigenvalue weighted by atomic mass is 16.4. The summed E-state index contributed by atoms with van der Waals surface area (Å²) in [6, 6.07) is 3.60. The van der Waals surface area contributed by atoms with E-state index < -0.39 is 11.5 Å². The first kappa shape index (κ1) is 8.31. The van der Waals surface area contributed by atoms with Gasteiger partial charge in [0.25, 0.3) is 0 Å². The van der Waals surface area contributed by atoms with Crippen molar-refractivity contribution in [1.29, 1.82) is 0 Å². The molecule has 4 heteroatoms. The Morgan fingerprint density at radius 2 is 2.46 bits per heavy atom. The average Bonchev–Trinajstić information content (AvgIpc) is 2.55. The summed E-state index contributed by atoms with van der Waals surface area (Å²) in [5.41, 5.74) is 4.52. The van der Waals surface area contributed by atoms with Gasteiger partial charge in [-0.15, -0.1) is 0 Å². The smallest absolute Gasteiger partial charge is 0.324 e. The summed E-state index contributed by atoms with van der Waals surface area (Å²) in [4.78, 5) is 10.7. The third-order valence-electron chi connectivity index (χ3n) is 2.51. The Morgan fingerprint density at radius 1 is 1.77 bits per heavy atom. The van der Waals surface area contributed by atoms with E-state index in [4.69, 9.17) is 15.3 Å². The van der Waals surface area contributed by atoms with Crippen LogP contribution in [0.1, 0.15) is 23.9 Å². The van der Waals surface area contributed by atoms with Gasteiger partial charge in [-0.25, -0.2) is 0 Å². The zero-order valence-corrected chi connectivity index (χ0v) is 7.28. The highest BCUT2D eigenvalue weighted by Gasteiger charge is 2.59. The van der Waals surface area contributed by atoms with Crippen molar-refractivity contribution in [1.82, 2.24) is 0 Å². The molecule has 0 saturated heterocycles. The molecule has 0 bridgehead atoms. The van der Waals surface area contributed by atoms with Crippen LogP contribution in [0.3, 0.4) is 0 Å². The van der Waals surface area contributed by atoms with Crippen LogP contribution in [0.25, 0.3) is 0 Å². The fraction of sp³-hybridized carbons (Fsp3) is 0.444. The fourth-order valence-corrected chi connectivity index (χ4v) is 1.51. The van der Waals surface area contributed by atoms with Gasteiger partial charge in [0.05, 0.1) is 0 Å². The first-order valence-corrected chi connectivity index (χ1v) is 4.12. The van der Waals surface area contributed by atoms with Gasteiger partial charge in [0.15, 0.2) is 0 Å². The van der Waals surface area contributed by atoms with Crippen molar-refractivity contribution < 1.29 is 14.3 Å². The highest BCUT2D eigenvalue weighted by Crippen LogP contribution is 2.49. The SMILES string of the molecule is Cc1ccc([C@H]2C[C@]2(N)C(=O)O)o1. The van der Waals surface area contributed by atoms with E-state index in [9.17, 15) is 4.79 Å². The maximum absolute atomic E-state index is 10.7. The van der Waals surface area contributed by atoms with Gasteiger partial charge in [-0.05, 0) is 25.5 Å². The van der Waals surface area contributed by atoms with Crippen LogP contribution >= 0.6 is 0 Å². The van der Waals surface area contributed by atoms with E-state index in [1.807, 2.05) is 13.0 Å². The first-order valence-electron chi connectivity index (χ1n) is 4.12. The van der Waals surface area contributed by atoms with E-state index in [1.54, 1.807) is 6.07 Å². The predicted molar refractivity (Wildman–Crippen MR) is 45.4 cm³/mol. The van der Waals surface area contributed by atoms with Gasteiger partial charge in [-0.2, -0.15) is 0 Å². The van der Waals surface area contributed by atoms with Gasteiger partial charge >= 0.3 is 5.97 Å². The van der Waals surface area contributed by atoms with Crippen molar-refractivity contribution in [3.8, 4) is 0 Å². The number of carboxylic acid groups (broad SMARTS) is 1. The quantitative estimate of drug-likeness (QED) is 0.709. The minimum atomic E-state index is -1.09.